The van der Waals surface area contributed by atoms with E-state index in [0.29, 0.717) is 12.2 Å². The number of hydrogen-bond acceptors (Lipinski definition) is 4. The highest BCUT2D eigenvalue weighted by atomic mass is 32.2. The largest absolute Gasteiger partial charge is 0.484 e. The van der Waals surface area contributed by atoms with Gasteiger partial charge in [0.05, 0.1) is 0 Å². The molecule has 1 aromatic rings. The minimum atomic E-state index is -0.464. The Hall–Kier alpha value is -1.69. The zero-order valence-corrected chi connectivity index (χ0v) is 16.4. The topological polar surface area (TPSA) is 58.6 Å². The zero-order valence-electron chi connectivity index (χ0n) is 15.6. The van der Waals surface area contributed by atoms with Crippen molar-refractivity contribution in [2.45, 2.75) is 44.6 Å². The third kappa shape index (κ3) is 7.28. The summed E-state index contributed by atoms with van der Waals surface area (Å²) in [4.78, 5) is 27.2. The molecule has 1 N–H and O–H groups in total. The van der Waals surface area contributed by atoms with Crippen LogP contribution in [0.5, 0.6) is 5.75 Å². The molecule has 0 aliphatic carbocycles. The Morgan fingerprint density at radius 2 is 1.77 bits per heavy atom. The molecule has 2 amide bonds. The molecule has 0 radical (unpaired) electrons. The van der Waals surface area contributed by atoms with Crippen molar-refractivity contribution in [1.29, 1.82) is 0 Å². The van der Waals surface area contributed by atoms with Crippen LogP contribution in [0.15, 0.2) is 30.3 Å². The van der Waals surface area contributed by atoms with Crippen LogP contribution in [0, 0.1) is 0 Å². The summed E-state index contributed by atoms with van der Waals surface area (Å²) in [5.74, 6) is 1.29. The molecule has 1 aromatic carbocycles. The summed E-state index contributed by atoms with van der Waals surface area (Å²) >= 11 is 1.69. The van der Waals surface area contributed by atoms with Gasteiger partial charge in [-0.1, -0.05) is 37.5 Å². The number of ether oxygens (including phenoxy) is 1. The second kappa shape index (κ2) is 11.8. The molecule has 144 valence electrons. The molecule has 5 nitrogen and oxygen atoms in total. The minimum Gasteiger partial charge on any atom is -0.484 e. The Bertz CT molecular complexity index is 545. The Labute approximate surface area is 160 Å². The first-order valence-electron chi connectivity index (χ1n) is 9.45. The Kier molecular flexibility index (Phi) is 9.39. The molecule has 1 unspecified atom stereocenters. The van der Waals surface area contributed by atoms with Gasteiger partial charge in [-0.25, -0.2) is 0 Å². The van der Waals surface area contributed by atoms with Gasteiger partial charge >= 0.3 is 0 Å². The number of rotatable bonds is 8. The highest BCUT2D eigenvalue weighted by Gasteiger charge is 2.25. The van der Waals surface area contributed by atoms with E-state index in [1.807, 2.05) is 41.5 Å². The molecule has 1 atom stereocenters. The number of amides is 2. The van der Waals surface area contributed by atoms with Gasteiger partial charge in [-0.2, -0.15) is 11.8 Å². The Morgan fingerprint density at radius 3 is 2.42 bits per heavy atom. The van der Waals surface area contributed by atoms with Crippen molar-refractivity contribution in [2.75, 3.05) is 31.7 Å². The van der Waals surface area contributed by atoms with Gasteiger partial charge in [0.2, 0.25) is 5.91 Å². The number of carbonyl (C=O) groups is 2. The number of likely N-dealkylation sites (tertiary alicyclic amines) is 1. The van der Waals surface area contributed by atoms with Gasteiger partial charge in [-0.05, 0) is 43.4 Å². The van der Waals surface area contributed by atoms with Gasteiger partial charge in [0.25, 0.3) is 5.91 Å². The van der Waals surface area contributed by atoms with Gasteiger partial charge in [0, 0.05) is 13.1 Å². The van der Waals surface area contributed by atoms with Crippen molar-refractivity contribution >= 4 is 23.6 Å². The lowest BCUT2D eigenvalue weighted by Crippen LogP contribution is -2.50. The van der Waals surface area contributed by atoms with Crippen molar-refractivity contribution < 1.29 is 14.3 Å². The van der Waals surface area contributed by atoms with Gasteiger partial charge < -0.3 is 15.0 Å². The van der Waals surface area contributed by atoms with Crippen LogP contribution in [0.2, 0.25) is 0 Å². The van der Waals surface area contributed by atoms with Crippen LogP contribution in [-0.2, 0) is 9.59 Å². The minimum absolute atomic E-state index is 0.0500. The summed E-state index contributed by atoms with van der Waals surface area (Å²) in [5, 5.41) is 2.89. The SMILES string of the molecule is CSCCC(NC(=O)COc1ccccc1)C(=O)N1CCCCCCC1. The van der Waals surface area contributed by atoms with E-state index in [9.17, 15) is 9.59 Å². The van der Waals surface area contributed by atoms with Crippen molar-refractivity contribution in [2.24, 2.45) is 0 Å². The maximum atomic E-state index is 12.9. The van der Waals surface area contributed by atoms with Crippen molar-refractivity contribution in [3.63, 3.8) is 0 Å². The molecule has 1 saturated heterocycles. The standard InChI is InChI=1S/C20H30N2O3S/c1-26-15-12-18(20(24)22-13-8-3-2-4-9-14-22)21-19(23)16-25-17-10-6-5-7-11-17/h5-7,10-11,18H,2-4,8-9,12-16H2,1H3,(H,21,23). The van der Waals surface area contributed by atoms with Crippen molar-refractivity contribution in [3.8, 4) is 5.75 Å². The summed E-state index contributed by atoms with van der Waals surface area (Å²) in [5.41, 5.74) is 0. The molecular formula is C20H30N2O3S. The number of carbonyl (C=O) groups excluding carboxylic acids is 2. The first kappa shape index (κ1) is 20.6. The second-order valence-corrected chi connectivity index (χ2v) is 7.58. The average molecular weight is 379 g/mol. The molecule has 1 aliphatic heterocycles. The molecule has 0 saturated carbocycles. The number of para-hydroxylation sites is 1. The Morgan fingerprint density at radius 1 is 1.12 bits per heavy atom. The molecule has 6 heteroatoms. The number of nitrogens with zero attached hydrogens (tertiary/aromatic N) is 1. The summed E-state index contributed by atoms with van der Waals surface area (Å²) in [7, 11) is 0. The molecule has 1 aliphatic rings. The van der Waals surface area contributed by atoms with E-state index < -0.39 is 6.04 Å². The molecule has 0 aromatic heterocycles. The number of hydrogen-bond donors (Lipinski definition) is 1. The lowest BCUT2D eigenvalue weighted by molar-refractivity contribution is -0.137. The van der Waals surface area contributed by atoms with Crippen LogP contribution in [0.25, 0.3) is 0 Å². The zero-order chi connectivity index (χ0) is 18.6. The smallest absolute Gasteiger partial charge is 0.258 e. The van der Waals surface area contributed by atoms with Crippen LogP contribution in [0.3, 0.4) is 0 Å². The van der Waals surface area contributed by atoms with E-state index in [0.717, 1.165) is 31.7 Å². The second-order valence-electron chi connectivity index (χ2n) is 6.60. The number of benzene rings is 1. The number of thioether (sulfide) groups is 1. The van der Waals surface area contributed by atoms with E-state index >= 15 is 0 Å². The van der Waals surface area contributed by atoms with E-state index in [-0.39, 0.29) is 18.4 Å². The van der Waals surface area contributed by atoms with E-state index in [4.69, 9.17) is 4.74 Å². The summed E-state index contributed by atoms with van der Waals surface area (Å²) in [6.07, 6.45) is 8.36. The summed E-state index contributed by atoms with van der Waals surface area (Å²) < 4.78 is 5.49. The van der Waals surface area contributed by atoms with Crippen LogP contribution < -0.4 is 10.1 Å². The maximum absolute atomic E-state index is 12.9. The third-order valence-corrected chi connectivity index (χ3v) is 5.17. The summed E-state index contributed by atoms with van der Waals surface area (Å²) in [6, 6.07) is 8.77. The van der Waals surface area contributed by atoms with E-state index in [1.165, 1.54) is 19.3 Å². The van der Waals surface area contributed by atoms with Crippen molar-refractivity contribution in [3.05, 3.63) is 30.3 Å². The molecule has 26 heavy (non-hydrogen) atoms. The molecule has 1 heterocycles. The fourth-order valence-electron chi connectivity index (χ4n) is 3.08. The lowest BCUT2D eigenvalue weighted by atomic mass is 10.1. The third-order valence-electron chi connectivity index (χ3n) is 4.52. The van der Waals surface area contributed by atoms with Crippen molar-refractivity contribution in [1.82, 2.24) is 10.2 Å². The monoisotopic (exact) mass is 378 g/mol. The van der Waals surface area contributed by atoms with Gasteiger partial charge in [-0.3, -0.25) is 9.59 Å². The van der Waals surface area contributed by atoms with Crippen LogP contribution >= 0.6 is 11.8 Å². The number of nitrogens with one attached hydrogen (secondary N) is 1. The molecular weight excluding hydrogens is 348 g/mol. The quantitative estimate of drug-likeness (QED) is 0.755. The normalized spacial score (nSPS) is 16.3. The molecule has 1 fully saturated rings. The highest BCUT2D eigenvalue weighted by molar-refractivity contribution is 7.98. The van der Waals surface area contributed by atoms with E-state index in [2.05, 4.69) is 5.32 Å². The predicted octanol–water partition coefficient (Wildman–Crippen LogP) is 3.10. The van der Waals surface area contributed by atoms with Crippen LogP contribution in [0.4, 0.5) is 0 Å². The first-order valence-corrected chi connectivity index (χ1v) is 10.8. The fourth-order valence-corrected chi connectivity index (χ4v) is 3.55. The van der Waals surface area contributed by atoms with Gasteiger partial charge in [0.15, 0.2) is 6.61 Å². The molecule has 2 rings (SSSR count). The van der Waals surface area contributed by atoms with Crippen LogP contribution in [0.1, 0.15) is 38.5 Å². The first-order chi connectivity index (χ1) is 12.7. The molecule has 0 bridgehead atoms. The highest BCUT2D eigenvalue weighted by Crippen LogP contribution is 2.13. The lowest BCUT2D eigenvalue weighted by Gasteiger charge is -2.29. The van der Waals surface area contributed by atoms with Gasteiger partial charge in [0.1, 0.15) is 11.8 Å². The predicted molar refractivity (Wildman–Crippen MR) is 107 cm³/mol. The average Bonchev–Trinajstić information content (AvgIpc) is 2.63. The van der Waals surface area contributed by atoms with E-state index in [1.54, 1.807) is 11.8 Å². The summed E-state index contributed by atoms with van der Waals surface area (Å²) in [6.45, 7) is 1.52. The fraction of sp³-hybridized carbons (Fsp3) is 0.600. The Balaban J connectivity index is 1.89. The maximum Gasteiger partial charge on any atom is 0.258 e. The van der Waals surface area contributed by atoms with Crippen LogP contribution in [-0.4, -0.2) is 54.5 Å². The molecule has 0 spiro atoms. The van der Waals surface area contributed by atoms with Gasteiger partial charge in [-0.15, -0.1) is 0 Å².